The van der Waals surface area contributed by atoms with Crippen molar-refractivity contribution in [2.75, 3.05) is 16.4 Å². The fourth-order valence-corrected chi connectivity index (χ4v) is 4.43. The van der Waals surface area contributed by atoms with Gasteiger partial charge in [-0.25, -0.2) is 8.78 Å². The topological polar surface area (TPSA) is 179 Å². The van der Waals surface area contributed by atoms with Gasteiger partial charge in [0.1, 0.15) is 34.0 Å². The van der Waals surface area contributed by atoms with Gasteiger partial charge in [-0.1, -0.05) is 12.1 Å². The first-order chi connectivity index (χ1) is 22.3. The molecule has 2 saturated carbocycles. The lowest BCUT2D eigenvalue weighted by molar-refractivity contribution is -0.147. The van der Waals surface area contributed by atoms with Crippen molar-refractivity contribution in [1.29, 1.82) is 0 Å². The Labute approximate surface area is 268 Å². The van der Waals surface area contributed by atoms with E-state index in [1.165, 1.54) is 60.7 Å². The first-order valence-electron chi connectivity index (χ1n) is 14.6. The van der Waals surface area contributed by atoms with Gasteiger partial charge < -0.3 is 31.7 Å². The van der Waals surface area contributed by atoms with Crippen LogP contribution < -0.4 is 16.4 Å². The fraction of sp³-hybridized carbons (Fsp3) is 0.200. The van der Waals surface area contributed by atoms with Crippen LogP contribution in [0.1, 0.15) is 31.2 Å². The van der Waals surface area contributed by atoms with Gasteiger partial charge in [-0.05, 0) is 116 Å². The highest BCUT2D eigenvalue weighted by Gasteiger charge is 2.57. The van der Waals surface area contributed by atoms with Crippen molar-refractivity contribution in [2.45, 2.75) is 32.1 Å². The predicted molar refractivity (Wildman–Crippen MR) is 170 cm³/mol. The Hall–Kier alpha value is -5.78. The second-order valence-electron chi connectivity index (χ2n) is 11.2. The van der Waals surface area contributed by atoms with Crippen LogP contribution in [0.5, 0.6) is 11.5 Å². The maximum Gasteiger partial charge on any atom is 0.319 e. The number of phenolic OH excluding ortho intramolecular Hbond substituents is 2. The number of ketones is 1. The van der Waals surface area contributed by atoms with Gasteiger partial charge in [0.15, 0.2) is 5.78 Å². The van der Waals surface area contributed by atoms with E-state index < -0.39 is 28.5 Å². The standard InChI is InChI=1S/C18H16FNO3.C11H10FNO3.C6H7NO/c19-13-3-5-14(6-4-13)20-17(23)18(9-10-18)16(22)11-12-1-7-15(21)8-2-12;12-7-1-3-8(4-2-7)13-9(14)11(5-6-11)10(15)16;7-5-1-3-6(8)4-2-5/h1-8,21H,9-11H2,(H,20,23);1-4H,5-6H2,(H,13,14)(H,15,16);1-4,8H,7H2. The second-order valence-corrected chi connectivity index (χ2v) is 11.2. The van der Waals surface area contributed by atoms with Crippen molar-refractivity contribution in [3.63, 3.8) is 0 Å². The van der Waals surface area contributed by atoms with Crippen LogP contribution in [-0.2, 0) is 25.6 Å². The number of carbonyl (C=O) groups is 4. The molecule has 0 saturated heterocycles. The van der Waals surface area contributed by atoms with Crippen molar-refractivity contribution in [2.24, 2.45) is 10.8 Å². The fourth-order valence-electron chi connectivity index (χ4n) is 4.43. The smallest absolute Gasteiger partial charge is 0.319 e. The molecule has 0 radical (unpaired) electrons. The summed E-state index contributed by atoms with van der Waals surface area (Å²) in [5.74, 6) is -2.52. The highest BCUT2D eigenvalue weighted by atomic mass is 19.1. The molecule has 0 atom stereocenters. The van der Waals surface area contributed by atoms with E-state index >= 15 is 0 Å². The third-order valence-electron chi connectivity index (χ3n) is 7.71. The number of aliphatic carboxylic acids is 1. The number of hydrogen-bond acceptors (Lipinski definition) is 7. The van der Waals surface area contributed by atoms with Gasteiger partial charge in [-0.2, -0.15) is 0 Å². The molecule has 0 spiro atoms. The molecule has 2 aliphatic carbocycles. The van der Waals surface area contributed by atoms with Crippen molar-refractivity contribution in [3.05, 3.63) is 114 Å². The summed E-state index contributed by atoms with van der Waals surface area (Å²) in [7, 11) is 0. The highest BCUT2D eigenvalue weighted by molar-refractivity contribution is 6.14. The Morgan fingerprint density at radius 1 is 0.617 bits per heavy atom. The van der Waals surface area contributed by atoms with Crippen LogP contribution in [0.25, 0.3) is 0 Å². The Bertz CT molecular complexity index is 1640. The summed E-state index contributed by atoms with van der Waals surface area (Å²) in [6, 6.07) is 23.4. The minimum Gasteiger partial charge on any atom is -0.508 e. The van der Waals surface area contributed by atoms with Crippen molar-refractivity contribution >= 4 is 40.6 Å². The summed E-state index contributed by atoms with van der Waals surface area (Å²) in [5, 5.41) is 32.0. The molecule has 7 N–H and O–H groups in total. The van der Waals surface area contributed by atoms with E-state index in [4.69, 9.17) is 15.9 Å². The van der Waals surface area contributed by atoms with Gasteiger partial charge in [-0.3, -0.25) is 19.2 Å². The van der Waals surface area contributed by atoms with Gasteiger partial charge in [0.2, 0.25) is 11.8 Å². The van der Waals surface area contributed by atoms with E-state index in [1.807, 2.05) is 0 Å². The van der Waals surface area contributed by atoms with E-state index in [0.717, 1.165) is 5.56 Å². The van der Waals surface area contributed by atoms with E-state index in [2.05, 4.69) is 10.6 Å². The lowest BCUT2D eigenvalue weighted by Crippen LogP contribution is -2.32. The third-order valence-corrected chi connectivity index (χ3v) is 7.71. The largest absolute Gasteiger partial charge is 0.508 e. The number of phenols is 2. The number of nitrogens with one attached hydrogen (secondary N) is 2. The zero-order valence-electron chi connectivity index (χ0n) is 25.1. The number of benzene rings is 4. The summed E-state index contributed by atoms with van der Waals surface area (Å²) < 4.78 is 25.5. The quantitative estimate of drug-likeness (QED) is 0.0806. The van der Waals surface area contributed by atoms with Crippen molar-refractivity contribution in [1.82, 2.24) is 0 Å². The van der Waals surface area contributed by atoms with Crippen LogP contribution >= 0.6 is 0 Å². The van der Waals surface area contributed by atoms with E-state index in [9.17, 15) is 33.1 Å². The Morgan fingerprint density at radius 3 is 1.36 bits per heavy atom. The van der Waals surface area contributed by atoms with Crippen molar-refractivity contribution < 1.29 is 43.3 Å². The lowest BCUT2D eigenvalue weighted by atomic mass is 9.94. The Morgan fingerprint density at radius 2 is 1.00 bits per heavy atom. The maximum absolute atomic E-state index is 12.9. The van der Waals surface area contributed by atoms with Crippen LogP contribution in [0.2, 0.25) is 0 Å². The number of Topliss-reactive ketones (excluding diaryl/α,β-unsaturated/α-hetero) is 1. The molecular weight excluding hydrogens is 612 g/mol. The number of rotatable bonds is 8. The minimum absolute atomic E-state index is 0.136. The average Bonchev–Trinajstić information content (AvgIpc) is 3.97. The number of amides is 2. The number of nitrogens with two attached hydrogens (primary N) is 1. The number of aromatic hydroxyl groups is 2. The molecule has 0 unspecified atom stereocenters. The van der Waals surface area contributed by atoms with Crippen LogP contribution in [-0.4, -0.2) is 38.9 Å². The molecule has 2 aliphatic rings. The number of anilines is 3. The van der Waals surface area contributed by atoms with Crippen LogP contribution in [0, 0.1) is 22.5 Å². The van der Waals surface area contributed by atoms with Gasteiger partial charge in [-0.15, -0.1) is 0 Å². The number of carbonyl (C=O) groups excluding carboxylic acids is 3. The molecule has 244 valence electrons. The highest BCUT2D eigenvalue weighted by Crippen LogP contribution is 2.48. The zero-order chi connectivity index (χ0) is 34.2. The van der Waals surface area contributed by atoms with Crippen molar-refractivity contribution in [3.8, 4) is 11.5 Å². The minimum atomic E-state index is -1.27. The third kappa shape index (κ3) is 9.13. The lowest BCUT2D eigenvalue weighted by Gasteiger charge is -2.14. The molecule has 0 aromatic heterocycles. The molecule has 6 rings (SSSR count). The first kappa shape index (κ1) is 34.1. The molecule has 2 amide bonds. The predicted octanol–water partition coefficient (Wildman–Crippen LogP) is 5.67. The number of halogens is 2. The normalized spacial score (nSPS) is 14.5. The Balaban J connectivity index is 0.000000180. The molecule has 0 heterocycles. The number of hydrogen-bond donors (Lipinski definition) is 6. The zero-order valence-corrected chi connectivity index (χ0v) is 25.1. The molecule has 0 aliphatic heterocycles. The molecule has 10 nitrogen and oxygen atoms in total. The molecule has 12 heteroatoms. The summed E-state index contributed by atoms with van der Waals surface area (Å²) >= 11 is 0. The average molecular weight is 646 g/mol. The summed E-state index contributed by atoms with van der Waals surface area (Å²) in [6.45, 7) is 0. The number of nitrogen functional groups attached to an aromatic ring is 1. The SMILES string of the molecule is Nc1ccc(O)cc1.O=C(Cc1ccc(O)cc1)C1(C(=O)Nc2ccc(F)cc2)CC1.O=C(O)C1(C(=O)Nc2ccc(F)cc2)CC1. The van der Waals surface area contributed by atoms with E-state index in [-0.39, 0.29) is 35.4 Å². The van der Waals surface area contributed by atoms with Gasteiger partial charge in [0, 0.05) is 23.5 Å². The number of carboxylic acid groups (broad SMARTS) is 1. The van der Waals surface area contributed by atoms with Gasteiger partial charge in [0.05, 0.1) is 0 Å². The second kappa shape index (κ2) is 14.5. The molecule has 4 aromatic rings. The summed E-state index contributed by atoms with van der Waals surface area (Å²) in [5.41, 5.74) is 5.37. The van der Waals surface area contributed by atoms with Crippen LogP contribution in [0.4, 0.5) is 25.8 Å². The number of carboxylic acids is 1. The molecular formula is C35H33F2N3O7. The van der Waals surface area contributed by atoms with E-state index in [0.29, 0.717) is 42.7 Å². The monoisotopic (exact) mass is 645 g/mol. The summed E-state index contributed by atoms with van der Waals surface area (Å²) in [4.78, 5) is 47.4. The molecule has 2 fully saturated rings. The van der Waals surface area contributed by atoms with Crippen LogP contribution in [0.15, 0.2) is 97.1 Å². The van der Waals surface area contributed by atoms with Gasteiger partial charge >= 0.3 is 5.97 Å². The Kier molecular flexibility index (Phi) is 10.6. The maximum atomic E-state index is 12.9. The van der Waals surface area contributed by atoms with Gasteiger partial charge in [0.25, 0.3) is 0 Å². The van der Waals surface area contributed by atoms with Crippen LogP contribution in [0.3, 0.4) is 0 Å². The first-order valence-corrected chi connectivity index (χ1v) is 14.6. The molecule has 4 aromatic carbocycles. The molecule has 0 bridgehead atoms. The molecule has 47 heavy (non-hydrogen) atoms. The summed E-state index contributed by atoms with van der Waals surface area (Å²) in [6.07, 6.45) is 1.91. The van der Waals surface area contributed by atoms with E-state index in [1.54, 1.807) is 36.4 Å².